The Morgan fingerprint density at radius 1 is 1.48 bits per heavy atom. The van der Waals surface area contributed by atoms with Gasteiger partial charge in [0.15, 0.2) is 0 Å². The monoisotopic (exact) mass is 295 g/mol. The normalized spacial score (nSPS) is 17.8. The molecule has 2 N–H and O–H groups in total. The minimum Gasteiger partial charge on any atom is -0.396 e. The number of carbonyl (C=O) groups excluding carboxylic acids is 1. The lowest BCUT2D eigenvalue weighted by molar-refractivity contribution is 0.136. The molecule has 118 valence electrons. The molecule has 1 unspecified atom stereocenters. The smallest absolute Gasteiger partial charge is 0.317 e. The maximum Gasteiger partial charge on any atom is 0.317 e. The lowest BCUT2D eigenvalue weighted by atomic mass is 9.98. The molecule has 21 heavy (non-hydrogen) atoms. The van der Waals surface area contributed by atoms with E-state index in [4.69, 9.17) is 9.63 Å². The van der Waals surface area contributed by atoms with Crippen LogP contribution in [0, 0.1) is 19.8 Å². The second-order valence-electron chi connectivity index (χ2n) is 5.97. The number of likely N-dealkylation sites (tertiary alicyclic amines) is 1. The third-order valence-corrected chi connectivity index (χ3v) is 4.22. The SMILES string of the molecule is Cc1noc(C)c1CC(C)NC(=O)N1CCC(CO)CC1. The van der Waals surface area contributed by atoms with Crippen molar-refractivity contribution in [2.45, 2.75) is 46.1 Å². The minimum atomic E-state index is -0.0225. The number of aliphatic hydroxyl groups is 1. The summed E-state index contributed by atoms with van der Waals surface area (Å²) in [4.78, 5) is 14.0. The molecule has 0 spiro atoms. The predicted octanol–water partition coefficient (Wildman–Crippen LogP) is 1.64. The van der Waals surface area contributed by atoms with Gasteiger partial charge in [-0.2, -0.15) is 0 Å². The molecule has 6 nitrogen and oxygen atoms in total. The summed E-state index contributed by atoms with van der Waals surface area (Å²) in [5.41, 5.74) is 1.96. The highest BCUT2D eigenvalue weighted by Gasteiger charge is 2.23. The standard InChI is InChI=1S/C15H25N3O3/c1-10(8-14-11(2)17-21-12(14)3)16-15(20)18-6-4-13(9-19)5-7-18/h10,13,19H,4-9H2,1-3H3,(H,16,20). The number of aliphatic hydroxyl groups excluding tert-OH is 1. The van der Waals surface area contributed by atoms with Gasteiger partial charge in [-0.05, 0) is 46.0 Å². The summed E-state index contributed by atoms with van der Waals surface area (Å²) >= 11 is 0. The van der Waals surface area contributed by atoms with Crippen LogP contribution in [0.25, 0.3) is 0 Å². The highest BCUT2D eigenvalue weighted by Crippen LogP contribution is 2.17. The van der Waals surface area contributed by atoms with Crippen molar-refractivity contribution in [1.29, 1.82) is 0 Å². The quantitative estimate of drug-likeness (QED) is 0.885. The number of hydrogen-bond acceptors (Lipinski definition) is 4. The van der Waals surface area contributed by atoms with Gasteiger partial charge in [-0.1, -0.05) is 5.16 Å². The molecule has 2 rings (SSSR count). The highest BCUT2D eigenvalue weighted by atomic mass is 16.5. The number of aromatic nitrogens is 1. The predicted molar refractivity (Wildman–Crippen MR) is 79.1 cm³/mol. The summed E-state index contributed by atoms with van der Waals surface area (Å²) in [5, 5.41) is 16.1. The Kier molecular flexibility index (Phi) is 5.22. The van der Waals surface area contributed by atoms with Gasteiger partial charge in [0.1, 0.15) is 5.76 Å². The average Bonchev–Trinajstić information content (AvgIpc) is 2.79. The van der Waals surface area contributed by atoms with Crippen molar-refractivity contribution in [3.05, 3.63) is 17.0 Å². The van der Waals surface area contributed by atoms with Gasteiger partial charge in [-0.3, -0.25) is 0 Å². The Bertz CT molecular complexity index is 459. The van der Waals surface area contributed by atoms with Crippen molar-refractivity contribution in [3.63, 3.8) is 0 Å². The van der Waals surface area contributed by atoms with Crippen LogP contribution < -0.4 is 5.32 Å². The van der Waals surface area contributed by atoms with Gasteiger partial charge in [0.25, 0.3) is 0 Å². The molecule has 1 aliphatic heterocycles. The summed E-state index contributed by atoms with van der Waals surface area (Å²) in [6, 6.07) is 0.00974. The zero-order valence-electron chi connectivity index (χ0n) is 13.1. The number of nitrogens with zero attached hydrogens (tertiary/aromatic N) is 2. The number of nitrogens with one attached hydrogen (secondary N) is 1. The number of hydrogen-bond donors (Lipinski definition) is 2. The molecule has 1 aromatic rings. The van der Waals surface area contributed by atoms with E-state index in [0.29, 0.717) is 5.92 Å². The van der Waals surface area contributed by atoms with Gasteiger partial charge >= 0.3 is 6.03 Å². The fraction of sp³-hybridized carbons (Fsp3) is 0.733. The molecule has 1 aromatic heterocycles. The molecule has 0 aromatic carbocycles. The molecule has 0 radical (unpaired) electrons. The van der Waals surface area contributed by atoms with Crippen LogP contribution in [0.4, 0.5) is 4.79 Å². The number of piperidine rings is 1. The maximum absolute atomic E-state index is 12.2. The zero-order valence-corrected chi connectivity index (χ0v) is 13.1. The molecule has 1 aliphatic rings. The minimum absolute atomic E-state index is 0.0225. The van der Waals surface area contributed by atoms with Gasteiger partial charge in [-0.15, -0.1) is 0 Å². The first-order chi connectivity index (χ1) is 10.0. The van der Waals surface area contributed by atoms with E-state index in [-0.39, 0.29) is 18.7 Å². The zero-order chi connectivity index (χ0) is 15.4. The Morgan fingerprint density at radius 3 is 2.67 bits per heavy atom. The summed E-state index contributed by atoms with van der Waals surface area (Å²) in [7, 11) is 0. The van der Waals surface area contributed by atoms with Crippen LogP contribution in [0.3, 0.4) is 0 Å². The van der Waals surface area contributed by atoms with Crippen LogP contribution in [0.2, 0.25) is 0 Å². The van der Waals surface area contributed by atoms with Crippen LogP contribution in [-0.4, -0.2) is 46.9 Å². The molecule has 0 saturated carbocycles. The van der Waals surface area contributed by atoms with Gasteiger partial charge in [0.05, 0.1) is 5.69 Å². The van der Waals surface area contributed by atoms with E-state index < -0.39 is 0 Å². The third-order valence-electron chi connectivity index (χ3n) is 4.22. The second-order valence-corrected chi connectivity index (χ2v) is 5.97. The lowest BCUT2D eigenvalue weighted by Gasteiger charge is -2.32. The van der Waals surface area contributed by atoms with Crippen molar-refractivity contribution in [2.24, 2.45) is 5.92 Å². The number of carbonyl (C=O) groups is 1. The molecule has 0 bridgehead atoms. The van der Waals surface area contributed by atoms with E-state index in [0.717, 1.165) is 49.4 Å². The highest BCUT2D eigenvalue weighted by molar-refractivity contribution is 5.74. The van der Waals surface area contributed by atoms with Crippen molar-refractivity contribution in [3.8, 4) is 0 Å². The molecule has 1 atom stereocenters. The molecule has 0 aliphatic carbocycles. The number of urea groups is 1. The summed E-state index contributed by atoms with van der Waals surface area (Å²) < 4.78 is 5.14. The van der Waals surface area contributed by atoms with Crippen LogP contribution in [-0.2, 0) is 6.42 Å². The molecule has 1 saturated heterocycles. The molecular formula is C15H25N3O3. The van der Waals surface area contributed by atoms with Crippen LogP contribution in [0.5, 0.6) is 0 Å². The molecule has 1 fully saturated rings. The Hall–Kier alpha value is -1.56. The second kappa shape index (κ2) is 6.93. The number of aryl methyl sites for hydroxylation is 2. The van der Waals surface area contributed by atoms with Gasteiger partial charge in [0.2, 0.25) is 0 Å². The van der Waals surface area contributed by atoms with E-state index >= 15 is 0 Å². The fourth-order valence-electron chi connectivity index (χ4n) is 2.77. The van der Waals surface area contributed by atoms with Crippen molar-refractivity contribution in [2.75, 3.05) is 19.7 Å². The molecule has 6 heteroatoms. The molecule has 2 amide bonds. The number of amides is 2. The van der Waals surface area contributed by atoms with E-state index in [1.807, 2.05) is 25.7 Å². The lowest BCUT2D eigenvalue weighted by Crippen LogP contribution is -2.48. The van der Waals surface area contributed by atoms with Crippen molar-refractivity contribution < 1.29 is 14.4 Å². The van der Waals surface area contributed by atoms with Crippen LogP contribution >= 0.6 is 0 Å². The topological polar surface area (TPSA) is 78.6 Å². The molecular weight excluding hydrogens is 270 g/mol. The Labute approximate surface area is 125 Å². The summed E-state index contributed by atoms with van der Waals surface area (Å²) in [6.45, 7) is 7.45. The Balaban J connectivity index is 1.82. The first kappa shape index (κ1) is 15.8. The van der Waals surface area contributed by atoms with Crippen molar-refractivity contribution in [1.82, 2.24) is 15.4 Å². The Morgan fingerprint density at radius 2 is 2.14 bits per heavy atom. The van der Waals surface area contributed by atoms with E-state index in [1.165, 1.54) is 0 Å². The first-order valence-corrected chi connectivity index (χ1v) is 7.59. The number of rotatable bonds is 4. The first-order valence-electron chi connectivity index (χ1n) is 7.59. The van der Waals surface area contributed by atoms with E-state index in [9.17, 15) is 4.79 Å². The fourth-order valence-corrected chi connectivity index (χ4v) is 2.77. The summed E-state index contributed by atoms with van der Waals surface area (Å²) in [5.74, 6) is 1.16. The molecule has 2 heterocycles. The summed E-state index contributed by atoms with van der Waals surface area (Å²) in [6.07, 6.45) is 2.48. The van der Waals surface area contributed by atoms with E-state index in [2.05, 4.69) is 10.5 Å². The largest absolute Gasteiger partial charge is 0.396 e. The van der Waals surface area contributed by atoms with E-state index in [1.54, 1.807) is 0 Å². The third kappa shape index (κ3) is 3.97. The average molecular weight is 295 g/mol. The van der Waals surface area contributed by atoms with Crippen LogP contribution in [0.15, 0.2) is 4.52 Å². The van der Waals surface area contributed by atoms with Gasteiger partial charge in [-0.25, -0.2) is 4.79 Å². The van der Waals surface area contributed by atoms with Gasteiger partial charge in [0, 0.05) is 31.3 Å². The maximum atomic E-state index is 12.2. The van der Waals surface area contributed by atoms with Gasteiger partial charge < -0.3 is 19.8 Å². The van der Waals surface area contributed by atoms with Crippen LogP contribution in [0.1, 0.15) is 36.8 Å². The van der Waals surface area contributed by atoms with Crippen molar-refractivity contribution >= 4 is 6.03 Å².